The van der Waals surface area contributed by atoms with Gasteiger partial charge in [-0.1, -0.05) is 136 Å². The van der Waals surface area contributed by atoms with Gasteiger partial charge in [-0.25, -0.2) is 28.6 Å². The Balaban J connectivity index is 1.28. The van der Waals surface area contributed by atoms with Crippen molar-refractivity contribution in [2.75, 3.05) is 37.8 Å². The van der Waals surface area contributed by atoms with Crippen molar-refractivity contribution in [2.45, 2.75) is 174 Å². The highest BCUT2D eigenvalue weighted by Gasteiger charge is 2.50. The first-order valence-electron chi connectivity index (χ1n) is 24.0. The SMILES string of the molecule is CCCCCCCCCCCCC(C)CCCCCCC(=O)SCCNC(=O)CCNC(=O)C(O)C(C)(C)COP(=O)(O)OP(=O)(O)OCC1OC(n2cnc3c(N)ncnc32)C(O)C1OP(=O)(O)O. The molecule has 3 heterocycles. The van der Waals surface area contributed by atoms with Gasteiger partial charge in [0.05, 0.1) is 19.5 Å². The van der Waals surface area contributed by atoms with Gasteiger partial charge < -0.3 is 50.9 Å². The Morgan fingerprint density at radius 2 is 1.46 bits per heavy atom. The maximum atomic E-state index is 12.8. The number of thioether (sulfide) groups is 1. The molecule has 8 unspecified atom stereocenters. The highest BCUT2D eigenvalue weighted by Crippen LogP contribution is 2.61. The zero-order chi connectivity index (χ0) is 52.0. The van der Waals surface area contributed by atoms with Crippen LogP contribution in [0.1, 0.15) is 149 Å². The molecule has 0 radical (unpaired) electrons. The van der Waals surface area contributed by atoms with Crippen LogP contribution in [0.3, 0.4) is 0 Å². The molecule has 1 fully saturated rings. The summed E-state index contributed by atoms with van der Waals surface area (Å²) in [5.74, 6) is -0.282. The lowest BCUT2D eigenvalue weighted by molar-refractivity contribution is -0.137. The van der Waals surface area contributed by atoms with E-state index in [2.05, 4.69) is 48.3 Å². The van der Waals surface area contributed by atoms with E-state index in [4.69, 9.17) is 19.5 Å². The molecule has 70 heavy (non-hydrogen) atoms. The van der Waals surface area contributed by atoms with E-state index in [1.807, 2.05) is 0 Å². The summed E-state index contributed by atoms with van der Waals surface area (Å²) in [7, 11) is -16.4. The number of hydrogen-bond acceptors (Lipinski definition) is 18. The lowest BCUT2D eigenvalue weighted by Gasteiger charge is -2.30. The lowest BCUT2D eigenvalue weighted by atomic mass is 9.87. The average molecular weight is 1080 g/mol. The summed E-state index contributed by atoms with van der Waals surface area (Å²) in [6, 6.07) is 0. The van der Waals surface area contributed by atoms with Crippen LogP contribution in [-0.2, 0) is 50.7 Å². The number of ether oxygens (including phenoxy) is 1. The van der Waals surface area contributed by atoms with Crippen molar-refractivity contribution >= 4 is 69.1 Å². The number of hydrogen-bond donors (Lipinski definition) is 9. The van der Waals surface area contributed by atoms with Crippen LogP contribution in [0, 0.1) is 11.3 Å². The number of anilines is 1. The molecule has 0 spiro atoms. The van der Waals surface area contributed by atoms with Gasteiger partial charge in [0, 0.05) is 37.1 Å². The highest BCUT2D eigenvalue weighted by atomic mass is 32.2. The van der Waals surface area contributed by atoms with Crippen molar-refractivity contribution in [3.63, 3.8) is 0 Å². The quantitative estimate of drug-likeness (QED) is 0.0279. The maximum absolute atomic E-state index is 12.8. The molecule has 2 aromatic heterocycles. The van der Waals surface area contributed by atoms with Crippen LogP contribution >= 0.6 is 35.2 Å². The summed E-state index contributed by atoms with van der Waals surface area (Å²) in [5.41, 5.74) is 4.29. The van der Waals surface area contributed by atoms with Crippen LogP contribution < -0.4 is 16.4 Å². The largest absolute Gasteiger partial charge is 0.481 e. The number of aromatic nitrogens is 4. The number of fused-ring (bicyclic) bond motifs is 1. The van der Waals surface area contributed by atoms with Crippen LogP contribution in [0.5, 0.6) is 0 Å². The second kappa shape index (κ2) is 30.7. The van der Waals surface area contributed by atoms with Gasteiger partial charge in [-0.2, -0.15) is 4.31 Å². The Hall–Kier alpha value is -2.44. The summed E-state index contributed by atoms with van der Waals surface area (Å²) >= 11 is 1.16. The lowest BCUT2D eigenvalue weighted by Crippen LogP contribution is -2.46. The summed E-state index contributed by atoms with van der Waals surface area (Å²) in [6.45, 7) is 5.17. The molecule has 1 aliphatic heterocycles. The average Bonchev–Trinajstić information content (AvgIpc) is 3.85. The van der Waals surface area contributed by atoms with Crippen molar-refractivity contribution < 1.29 is 80.5 Å². The molecule has 0 bridgehead atoms. The summed E-state index contributed by atoms with van der Waals surface area (Å²) < 4.78 is 62.5. The van der Waals surface area contributed by atoms with Gasteiger partial charge in [0.15, 0.2) is 22.8 Å². The predicted octanol–water partition coefficient (Wildman–Crippen LogP) is 5.95. The number of amides is 2. The minimum Gasteiger partial charge on any atom is -0.386 e. The Kier molecular flexibility index (Phi) is 27.1. The standard InChI is InChI=1S/C42H76N7O17P3S/c1-5-6-7-8-9-10-11-12-13-16-19-30(2)20-17-14-15-18-21-33(51)70-25-24-44-32(50)22-23-45-40(54)37(53)42(3,4)27-63-69(60,61)66-68(58,59)62-26-31-36(65-67(55,56)57)35(52)41(64-31)49-29-48-34-38(43)46-28-47-39(34)49/h28-31,35-37,41,52-53H,5-27H2,1-4H3,(H,44,50)(H,45,54)(H,58,59)(H,60,61)(H2,43,46,47)(H2,55,56,57). The second-order valence-corrected chi connectivity index (χ2v) is 23.7. The molecule has 8 atom stereocenters. The Morgan fingerprint density at radius 1 is 0.857 bits per heavy atom. The number of rotatable bonds is 37. The summed E-state index contributed by atoms with van der Waals surface area (Å²) in [5, 5.41) is 26.7. The zero-order valence-corrected chi connectivity index (χ0v) is 44.2. The number of nitrogens with two attached hydrogens (primary N) is 1. The van der Waals surface area contributed by atoms with Crippen molar-refractivity contribution in [3.8, 4) is 0 Å². The van der Waals surface area contributed by atoms with Crippen LogP contribution in [0.4, 0.5) is 5.82 Å². The molecule has 0 saturated carbocycles. The van der Waals surface area contributed by atoms with E-state index in [0.29, 0.717) is 12.2 Å². The van der Waals surface area contributed by atoms with E-state index in [9.17, 15) is 57.9 Å². The third kappa shape index (κ3) is 23.2. The molecule has 0 aliphatic carbocycles. The van der Waals surface area contributed by atoms with Crippen molar-refractivity contribution in [3.05, 3.63) is 12.7 Å². The van der Waals surface area contributed by atoms with Crippen molar-refractivity contribution in [1.29, 1.82) is 0 Å². The monoisotopic (exact) mass is 1080 g/mol. The van der Waals surface area contributed by atoms with E-state index >= 15 is 0 Å². The fourth-order valence-electron chi connectivity index (χ4n) is 7.61. The number of imidazole rings is 1. The Morgan fingerprint density at radius 3 is 2.09 bits per heavy atom. The smallest absolute Gasteiger partial charge is 0.386 e. The second-order valence-electron chi connectivity index (χ2n) is 18.3. The minimum atomic E-state index is -5.58. The van der Waals surface area contributed by atoms with E-state index < -0.39 is 84.6 Å². The topological polar surface area (TPSA) is 364 Å². The van der Waals surface area contributed by atoms with E-state index in [1.165, 1.54) is 97.3 Å². The molecular formula is C42H76N7O17P3S. The third-order valence-corrected chi connectivity index (χ3v) is 15.7. The Bertz CT molecular complexity index is 2070. The molecule has 402 valence electrons. The summed E-state index contributed by atoms with van der Waals surface area (Å²) in [4.78, 5) is 88.6. The third-order valence-electron chi connectivity index (χ3n) is 11.6. The van der Waals surface area contributed by atoms with E-state index in [0.717, 1.165) is 54.2 Å². The predicted molar refractivity (Wildman–Crippen MR) is 260 cm³/mol. The van der Waals surface area contributed by atoms with Crippen molar-refractivity contribution in [1.82, 2.24) is 30.2 Å². The number of unbranched alkanes of at least 4 members (excludes halogenated alkanes) is 12. The van der Waals surface area contributed by atoms with Crippen LogP contribution in [0.25, 0.3) is 11.2 Å². The zero-order valence-electron chi connectivity index (χ0n) is 40.7. The number of nitrogens with zero attached hydrogens (tertiary/aromatic N) is 4. The molecule has 2 aromatic rings. The van der Waals surface area contributed by atoms with Gasteiger partial charge in [-0.15, -0.1) is 0 Å². The fourth-order valence-corrected chi connectivity index (χ4v) is 11.2. The normalized spacial score (nSPS) is 20.2. The van der Waals surface area contributed by atoms with Crippen LogP contribution in [0.15, 0.2) is 12.7 Å². The van der Waals surface area contributed by atoms with Crippen molar-refractivity contribution in [2.24, 2.45) is 11.3 Å². The number of phosphoric ester groups is 3. The van der Waals surface area contributed by atoms with E-state index in [1.54, 1.807) is 0 Å². The van der Waals surface area contributed by atoms with Gasteiger partial charge in [0.25, 0.3) is 0 Å². The number of aliphatic hydroxyl groups excluding tert-OH is 2. The number of nitrogens with one attached hydrogen (secondary N) is 2. The van der Waals surface area contributed by atoms with Crippen LogP contribution in [0.2, 0.25) is 0 Å². The van der Waals surface area contributed by atoms with E-state index in [-0.39, 0.29) is 41.6 Å². The molecule has 3 rings (SSSR count). The molecule has 1 saturated heterocycles. The first-order valence-corrected chi connectivity index (χ1v) is 29.5. The first-order chi connectivity index (χ1) is 32.9. The molecule has 0 aromatic carbocycles. The number of nitrogen functional groups attached to an aromatic ring is 1. The number of phosphoric acid groups is 3. The summed E-state index contributed by atoms with van der Waals surface area (Å²) in [6.07, 6.45) is 13.8. The van der Waals surface area contributed by atoms with Gasteiger partial charge >= 0.3 is 23.5 Å². The molecule has 2 amide bonds. The fraction of sp³-hybridized carbons (Fsp3) is 0.810. The molecular weight excluding hydrogens is 999 g/mol. The molecule has 28 heteroatoms. The number of carbonyl (C=O) groups excluding carboxylic acids is 3. The maximum Gasteiger partial charge on any atom is 0.481 e. The highest BCUT2D eigenvalue weighted by molar-refractivity contribution is 8.13. The van der Waals surface area contributed by atoms with Gasteiger partial charge in [0.1, 0.15) is 36.3 Å². The molecule has 10 N–H and O–H groups in total. The Labute approximate surface area is 414 Å². The van der Waals surface area contributed by atoms with Crippen LogP contribution in [-0.4, -0.2) is 123 Å². The first kappa shape index (κ1) is 61.9. The molecule has 1 aliphatic rings. The molecule has 24 nitrogen and oxygen atoms in total. The van der Waals surface area contributed by atoms with Gasteiger partial charge in [-0.3, -0.25) is 32.5 Å². The van der Waals surface area contributed by atoms with Gasteiger partial charge in [0.2, 0.25) is 11.8 Å². The number of aliphatic hydroxyl groups is 2. The number of carbonyl (C=O) groups is 3. The minimum absolute atomic E-state index is 0.0341. The van der Waals surface area contributed by atoms with Gasteiger partial charge in [-0.05, 0) is 12.3 Å².